The number of hydrogen-bond acceptors (Lipinski definition) is 1. The Morgan fingerprint density at radius 2 is 1.74 bits per heavy atom. The molecule has 4 aliphatic rings. The van der Waals surface area contributed by atoms with E-state index in [9.17, 15) is 5.11 Å². The predicted octanol–water partition coefficient (Wildman–Crippen LogP) is 4.70. The zero-order valence-electron chi connectivity index (χ0n) is 13.0. The third-order valence-electron chi connectivity index (χ3n) is 6.22. The second-order valence-electron chi connectivity index (χ2n) is 9.00. The van der Waals surface area contributed by atoms with Crippen LogP contribution in [0.3, 0.4) is 0 Å². The average molecular weight is 262 g/mol. The molecule has 0 aromatic carbocycles. The normalized spacial score (nSPS) is 49.4. The van der Waals surface area contributed by atoms with E-state index in [-0.39, 0.29) is 11.5 Å². The van der Waals surface area contributed by atoms with Crippen LogP contribution in [0.25, 0.3) is 0 Å². The van der Waals surface area contributed by atoms with Crippen molar-refractivity contribution < 1.29 is 5.11 Å². The van der Waals surface area contributed by atoms with Crippen LogP contribution in [-0.2, 0) is 0 Å². The molecular formula is C18H30O. The highest BCUT2D eigenvalue weighted by Gasteiger charge is 2.61. The SMILES string of the molecule is C=C(C)CCC(O)C12CC3CC(C)(CC(C)(C3)C1)C2. The molecule has 3 unspecified atom stereocenters. The van der Waals surface area contributed by atoms with Crippen LogP contribution in [0, 0.1) is 22.2 Å². The fraction of sp³-hybridized carbons (Fsp3) is 0.889. The van der Waals surface area contributed by atoms with Gasteiger partial charge in [-0.15, -0.1) is 6.58 Å². The molecule has 0 heterocycles. The first-order chi connectivity index (χ1) is 8.74. The first-order valence-electron chi connectivity index (χ1n) is 8.07. The minimum atomic E-state index is -0.105. The molecule has 1 N–H and O–H groups in total. The second kappa shape index (κ2) is 4.10. The number of aliphatic hydroxyl groups excluding tert-OH is 1. The monoisotopic (exact) mass is 262 g/mol. The Bertz CT molecular complexity index is 378. The van der Waals surface area contributed by atoms with Crippen LogP contribution in [0.2, 0.25) is 0 Å². The third kappa shape index (κ3) is 2.28. The minimum absolute atomic E-state index is 0.105. The molecular weight excluding hydrogens is 232 g/mol. The minimum Gasteiger partial charge on any atom is -0.393 e. The molecule has 0 aromatic rings. The second-order valence-corrected chi connectivity index (χ2v) is 9.00. The Hall–Kier alpha value is -0.300. The van der Waals surface area contributed by atoms with Crippen molar-refractivity contribution in [2.75, 3.05) is 0 Å². The zero-order chi connectivity index (χ0) is 13.9. The fourth-order valence-corrected chi connectivity index (χ4v) is 6.60. The van der Waals surface area contributed by atoms with Gasteiger partial charge in [0.15, 0.2) is 0 Å². The maximum atomic E-state index is 10.9. The Kier molecular flexibility index (Phi) is 2.95. The lowest BCUT2D eigenvalue weighted by atomic mass is 9.39. The molecule has 4 fully saturated rings. The zero-order valence-corrected chi connectivity index (χ0v) is 13.0. The summed E-state index contributed by atoms with van der Waals surface area (Å²) in [5.41, 5.74) is 2.47. The van der Waals surface area contributed by atoms with Crippen molar-refractivity contribution in [2.24, 2.45) is 22.2 Å². The van der Waals surface area contributed by atoms with Crippen LogP contribution >= 0.6 is 0 Å². The number of allylic oxidation sites excluding steroid dienone is 1. The van der Waals surface area contributed by atoms with E-state index in [2.05, 4.69) is 27.4 Å². The van der Waals surface area contributed by atoms with Crippen LogP contribution in [0.15, 0.2) is 12.2 Å². The van der Waals surface area contributed by atoms with Gasteiger partial charge >= 0.3 is 0 Å². The summed E-state index contributed by atoms with van der Waals surface area (Å²) in [6.07, 6.45) is 9.85. The molecule has 0 aliphatic heterocycles. The van der Waals surface area contributed by atoms with E-state index in [0.717, 1.165) is 18.8 Å². The van der Waals surface area contributed by atoms with E-state index in [0.29, 0.717) is 10.8 Å². The third-order valence-corrected chi connectivity index (χ3v) is 6.22. The summed E-state index contributed by atoms with van der Waals surface area (Å²) in [7, 11) is 0. The maximum absolute atomic E-state index is 10.9. The standard InChI is InChI=1S/C18H30O/c1-13(2)5-6-15(19)18-9-14-7-16(3,11-18)10-17(4,8-14)12-18/h14-15,19H,1,5-12H2,2-4H3. The van der Waals surface area contributed by atoms with Gasteiger partial charge in [-0.2, -0.15) is 0 Å². The molecule has 0 spiro atoms. The van der Waals surface area contributed by atoms with Crippen LogP contribution < -0.4 is 0 Å². The summed E-state index contributed by atoms with van der Waals surface area (Å²) in [4.78, 5) is 0. The molecule has 4 saturated carbocycles. The first-order valence-corrected chi connectivity index (χ1v) is 8.07. The van der Waals surface area contributed by atoms with Crippen molar-refractivity contribution in [2.45, 2.75) is 78.2 Å². The largest absolute Gasteiger partial charge is 0.393 e. The van der Waals surface area contributed by atoms with Crippen molar-refractivity contribution >= 4 is 0 Å². The van der Waals surface area contributed by atoms with Gasteiger partial charge in [-0.1, -0.05) is 19.4 Å². The van der Waals surface area contributed by atoms with Gasteiger partial charge in [-0.05, 0) is 80.5 Å². The van der Waals surface area contributed by atoms with Crippen molar-refractivity contribution in [3.05, 3.63) is 12.2 Å². The van der Waals surface area contributed by atoms with E-state index in [1.54, 1.807) is 0 Å². The van der Waals surface area contributed by atoms with Crippen molar-refractivity contribution in [3.8, 4) is 0 Å². The molecule has 0 amide bonds. The van der Waals surface area contributed by atoms with Crippen molar-refractivity contribution in [1.29, 1.82) is 0 Å². The highest BCUT2D eigenvalue weighted by atomic mass is 16.3. The molecule has 19 heavy (non-hydrogen) atoms. The number of aliphatic hydroxyl groups is 1. The van der Waals surface area contributed by atoms with E-state index >= 15 is 0 Å². The Morgan fingerprint density at radius 3 is 2.21 bits per heavy atom. The summed E-state index contributed by atoms with van der Waals surface area (Å²) < 4.78 is 0. The molecule has 108 valence electrons. The molecule has 0 radical (unpaired) electrons. The molecule has 3 atom stereocenters. The Morgan fingerprint density at radius 1 is 1.16 bits per heavy atom. The van der Waals surface area contributed by atoms with Gasteiger partial charge in [-0.25, -0.2) is 0 Å². The van der Waals surface area contributed by atoms with Crippen LogP contribution in [0.5, 0.6) is 0 Å². The predicted molar refractivity (Wildman–Crippen MR) is 79.9 cm³/mol. The van der Waals surface area contributed by atoms with Gasteiger partial charge in [0.1, 0.15) is 0 Å². The van der Waals surface area contributed by atoms with E-state index in [1.807, 2.05) is 0 Å². The number of hydrogen-bond donors (Lipinski definition) is 1. The van der Waals surface area contributed by atoms with Crippen molar-refractivity contribution in [1.82, 2.24) is 0 Å². The van der Waals surface area contributed by atoms with Crippen molar-refractivity contribution in [3.63, 3.8) is 0 Å². The average Bonchev–Trinajstić information content (AvgIpc) is 2.20. The smallest absolute Gasteiger partial charge is 0.0600 e. The van der Waals surface area contributed by atoms with Crippen LogP contribution in [0.4, 0.5) is 0 Å². The van der Waals surface area contributed by atoms with E-state index in [4.69, 9.17) is 0 Å². The summed E-state index contributed by atoms with van der Waals surface area (Å²) in [6.45, 7) is 11.0. The Balaban J connectivity index is 1.82. The highest BCUT2D eigenvalue weighted by Crippen LogP contribution is 2.70. The lowest BCUT2D eigenvalue weighted by Crippen LogP contribution is -2.58. The summed E-state index contributed by atoms with van der Waals surface area (Å²) in [5, 5.41) is 10.9. The lowest BCUT2D eigenvalue weighted by molar-refractivity contribution is -0.186. The first kappa shape index (κ1) is 13.7. The Labute approximate surface area is 118 Å². The van der Waals surface area contributed by atoms with E-state index in [1.165, 1.54) is 44.1 Å². The lowest BCUT2D eigenvalue weighted by Gasteiger charge is -2.66. The van der Waals surface area contributed by atoms with Crippen LogP contribution in [0.1, 0.15) is 72.1 Å². The molecule has 4 aliphatic carbocycles. The van der Waals surface area contributed by atoms with E-state index < -0.39 is 0 Å². The fourth-order valence-electron chi connectivity index (χ4n) is 6.60. The summed E-state index contributed by atoms with van der Waals surface area (Å²) in [6, 6.07) is 0. The number of rotatable bonds is 4. The molecule has 0 saturated heterocycles. The van der Waals surface area contributed by atoms with Gasteiger partial charge in [0, 0.05) is 0 Å². The molecule has 4 rings (SSSR count). The quantitative estimate of drug-likeness (QED) is 0.728. The topological polar surface area (TPSA) is 20.2 Å². The van der Waals surface area contributed by atoms with Gasteiger partial charge in [-0.3, -0.25) is 0 Å². The van der Waals surface area contributed by atoms with Gasteiger partial charge in [0.2, 0.25) is 0 Å². The molecule has 4 bridgehead atoms. The van der Waals surface area contributed by atoms with Crippen LogP contribution in [-0.4, -0.2) is 11.2 Å². The van der Waals surface area contributed by atoms with Gasteiger partial charge in [0.05, 0.1) is 6.10 Å². The van der Waals surface area contributed by atoms with Gasteiger partial charge in [0.25, 0.3) is 0 Å². The summed E-state index contributed by atoms with van der Waals surface area (Å²) in [5.74, 6) is 0.880. The molecule has 1 heteroatoms. The molecule has 0 aromatic heterocycles. The maximum Gasteiger partial charge on any atom is 0.0600 e. The highest BCUT2D eigenvalue weighted by molar-refractivity contribution is 5.12. The molecule has 1 nitrogen and oxygen atoms in total. The van der Waals surface area contributed by atoms with Gasteiger partial charge < -0.3 is 5.11 Å². The summed E-state index contributed by atoms with van der Waals surface area (Å²) >= 11 is 0.